The Kier molecular flexibility index (Phi) is 4.73. The van der Waals surface area contributed by atoms with Crippen molar-refractivity contribution >= 4 is 15.9 Å². The summed E-state index contributed by atoms with van der Waals surface area (Å²) in [4.78, 5) is 14.1. The van der Waals surface area contributed by atoms with Crippen molar-refractivity contribution in [2.24, 2.45) is 5.92 Å². The summed E-state index contributed by atoms with van der Waals surface area (Å²) in [6.45, 7) is 0.779. The van der Waals surface area contributed by atoms with Crippen molar-refractivity contribution in [2.75, 3.05) is 13.6 Å². The van der Waals surface area contributed by atoms with Crippen LogP contribution in [-0.2, 0) is 16.6 Å². The summed E-state index contributed by atoms with van der Waals surface area (Å²) in [5.41, 5.74) is 0.374. The first-order chi connectivity index (χ1) is 11.5. The minimum atomic E-state index is -3.71. The number of carbonyl (C=O) groups is 1. The van der Waals surface area contributed by atoms with E-state index in [-0.39, 0.29) is 17.3 Å². The van der Waals surface area contributed by atoms with Crippen LogP contribution in [-0.4, -0.2) is 32.8 Å². The SMILES string of the molecule is CN(CC1CC1)C(=O)c1cccc(S(=O)(=O)NCc2ccco2)c1. The van der Waals surface area contributed by atoms with Crippen LogP contribution in [0.25, 0.3) is 0 Å². The summed E-state index contributed by atoms with van der Waals surface area (Å²) in [5, 5.41) is 0. The maximum absolute atomic E-state index is 12.4. The number of benzene rings is 1. The van der Waals surface area contributed by atoms with Gasteiger partial charge in [-0.15, -0.1) is 0 Å². The van der Waals surface area contributed by atoms with Crippen LogP contribution in [0, 0.1) is 5.92 Å². The second kappa shape index (κ2) is 6.78. The Hall–Kier alpha value is -2.12. The smallest absolute Gasteiger partial charge is 0.253 e. The zero-order chi connectivity index (χ0) is 17.2. The molecule has 0 bridgehead atoms. The number of amides is 1. The highest BCUT2D eigenvalue weighted by molar-refractivity contribution is 7.89. The second-order valence-corrected chi connectivity index (χ2v) is 7.83. The Labute approximate surface area is 141 Å². The average Bonchev–Trinajstić information content (AvgIpc) is 3.23. The van der Waals surface area contributed by atoms with Gasteiger partial charge in [0.05, 0.1) is 17.7 Å². The maximum atomic E-state index is 12.4. The topological polar surface area (TPSA) is 79.6 Å². The van der Waals surface area contributed by atoms with E-state index in [0.717, 1.165) is 12.8 Å². The molecule has 0 spiro atoms. The molecule has 0 atom stereocenters. The van der Waals surface area contributed by atoms with Gasteiger partial charge in [-0.05, 0) is 49.1 Å². The average molecular weight is 348 g/mol. The molecule has 0 saturated heterocycles. The highest BCUT2D eigenvalue weighted by atomic mass is 32.2. The molecule has 1 aromatic heterocycles. The van der Waals surface area contributed by atoms with Crippen LogP contribution in [0.2, 0.25) is 0 Å². The second-order valence-electron chi connectivity index (χ2n) is 6.06. The van der Waals surface area contributed by atoms with Gasteiger partial charge >= 0.3 is 0 Å². The van der Waals surface area contributed by atoms with Crippen molar-refractivity contribution in [2.45, 2.75) is 24.3 Å². The summed E-state index contributed by atoms with van der Waals surface area (Å²) < 4.78 is 32.3. The summed E-state index contributed by atoms with van der Waals surface area (Å²) in [6, 6.07) is 9.49. The van der Waals surface area contributed by atoms with E-state index in [0.29, 0.717) is 23.8 Å². The highest BCUT2D eigenvalue weighted by Crippen LogP contribution is 2.29. The lowest BCUT2D eigenvalue weighted by Crippen LogP contribution is -2.29. The van der Waals surface area contributed by atoms with Crippen molar-refractivity contribution in [3.05, 3.63) is 54.0 Å². The Balaban J connectivity index is 1.72. The van der Waals surface area contributed by atoms with Gasteiger partial charge in [0.2, 0.25) is 10.0 Å². The van der Waals surface area contributed by atoms with E-state index < -0.39 is 10.0 Å². The van der Waals surface area contributed by atoms with E-state index in [4.69, 9.17) is 4.42 Å². The number of hydrogen-bond donors (Lipinski definition) is 1. The fraction of sp³-hybridized carbons (Fsp3) is 0.353. The molecule has 2 aromatic rings. The molecule has 1 amide bonds. The third kappa shape index (κ3) is 4.04. The Morgan fingerprint density at radius 2 is 2.08 bits per heavy atom. The molecule has 1 heterocycles. The molecule has 1 fully saturated rings. The largest absolute Gasteiger partial charge is 0.468 e. The number of rotatable bonds is 7. The maximum Gasteiger partial charge on any atom is 0.253 e. The Morgan fingerprint density at radius 3 is 2.75 bits per heavy atom. The number of carbonyl (C=O) groups excluding carboxylic acids is 1. The molecule has 1 N–H and O–H groups in total. The van der Waals surface area contributed by atoms with Gasteiger partial charge in [-0.1, -0.05) is 6.07 Å². The molecule has 128 valence electrons. The van der Waals surface area contributed by atoms with Crippen LogP contribution < -0.4 is 4.72 Å². The number of sulfonamides is 1. The normalized spacial score (nSPS) is 14.5. The molecule has 1 aliphatic carbocycles. The Morgan fingerprint density at radius 1 is 1.29 bits per heavy atom. The van der Waals surface area contributed by atoms with Gasteiger partial charge in [0, 0.05) is 19.2 Å². The van der Waals surface area contributed by atoms with E-state index in [1.807, 2.05) is 0 Å². The summed E-state index contributed by atoms with van der Waals surface area (Å²) in [5.74, 6) is 0.945. The van der Waals surface area contributed by atoms with Gasteiger partial charge in [-0.25, -0.2) is 13.1 Å². The van der Waals surface area contributed by atoms with Crippen molar-refractivity contribution in [1.29, 1.82) is 0 Å². The first kappa shape index (κ1) is 16.7. The van der Waals surface area contributed by atoms with Crippen LogP contribution >= 0.6 is 0 Å². The molecule has 0 unspecified atom stereocenters. The third-order valence-electron chi connectivity index (χ3n) is 3.98. The van der Waals surface area contributed by atoms with E-state index in [2.05, 4.69) is 4.72 Å². The molecular weight excluding hydrogens is 328 g/mol. The number of nitrogens with one attached hydrogen (secondary N) is 1. The van der Waals surface area contributed by atoms with Gasteiger partial charge in [0.25, 0.3) is 5.91 Å². The first-order valence-electron chi connectivity index (χ1n) is 7.83. The number of nitrogens with zero attached hydrogens (tertiary/aromatic N) is 1. The summed E-state index contributed by atoms with van der Waals surface area (Å²) in [7, 11) is -1.96. The quantitative estimate of drug-likeness (QED) is 0.832. The lowest BCUT2D eigenvalue weighted by atomic mass is 10.2. The van der Waals surface area contributed by atoms with E-state index in [1.54, 1.807) is 36.2 Å². The third-order valence-corrected chi connectivity index (χ3v) is 5.38. The summed E-state index contributed by atoms with van der Waals surface area (Å²) in [6.07, 6.45) is 3.80. The summed E-state index contributed by atoms with van der Waals surface area (Å²) >= 11 is 0. The number of hydrogen-bond acceptors (Lipinski definition) is 4. The first-order valence-corrected chi connectivity index (χ1v) is 9.31. The lowest BCUT2D eigenvalue weighted by Gasteiger charge is -2.17. The van der Waals surface area contributed by atoms with E-state index >= 15 is 0 Å². The molecular formula is C17H20N2O4S. The molecule has 3 rings (SSSR count). The van der Waals surface area contributed by atoms with Crippen LogP contribution in [0.4, 0.5) is 0 Å². The Bertz CT molecular complexity index is 811. The van der Waals surface area contributed by atoms with Crippen LogP contribution in [0.3, 0.4) is 0 Å². The van der Waals surface area contributed by atoms with Gasteiger partial charge in [-0.3, -0.25) is 4.79 Å². The van der Waals surface area contributed by atoms with Crippen molar-refractivity contribution in [1.82, 2.24) is 9.62 Å². The fourth-order valence-corrected chi connectivity index (χ4v) is 3.49. The minimum Gasteiger partial charge on any atom is -0.468 e. The van der Waals surface area contributed by atoms with Gasteiger partial charge in [0.1, 0.15) is 5.76 Å². The molecule has 1 saturated carbocycles. The predicted octanol–water partition coefficient (Wildman–Crippen LogP) is 2.24. The van der Waals surface area contributed by atoms with E-state index in [9.17, 15) is 13.2 Å². The van der Waals surface area contributed by atoms with Crippen molar-refractivity contribution < 1.29 is 17.6 Å². The zero-order valence-electron chi connectivity index (χ0n) is 13.4. The molecule has 1 aliphatic rings. The molecule has 7 heteroatoms. The van der Waals surface area contributed by atoms with Crippen molar-refractivity contribution in [3.8, 4) is 0 Å². The van der Waals surface area contributed by atoms with Gasteiger partial charge in [-0.2, -0.15) is 0 Å². The predicted molar refractivity (Wildman–Crippen MR) is 88.9 cm³/mol. The zero-order valence-corrected chi connectivity index (χ0v) is 14.3. The molecule has 6 nitrogen and oxygen atoms in total. The van der Waals surface area contributed by atoms with Crippen LogP contribution in [0.15, 0.2) is 52.0 Å². The van der Waals surface area contributed by atoms with E-state index in [1.165, 1.54) is 18.4 Å². The minimum absolute atomic E-state index is 0.0646. The standard InChI is InChI=1S/C17H20N2O4S/c1-19(12-13-7-8-13)17(20)14-4-2-6-16(10-14)24(21,22)18-11-15-5-3-9-23-15/h2-6,9-10,13,18H,7-8,11-12H2,1H3. The number of furan rings is 1. The van der Waals surface area contributed by atoms with Crippen LogP contribution in [0.5, 0.6) is 0 Å². The fourth-order valence-electron chi connectivity index (χ4n) is 2.45. The van der Waals surface area contributed by atoms with Gasteiger partial charge < -0.3 is 9.32 Å². The molecule has 0 radical (unpaired) electrons. The highest BCUT2D eigenvalue weighted by Gasteiger charge is 2.25. The molecule has 0 aliphatic heterocycles. The molecule has 24 heavy (non-hydrogen) atoms. The van der Waals surface area contributed by atoms with Crippen molar-refractivity contribution in [3.63, 3.8) is 0 Å². The van der Waals surface area contributed by atoms with Crippen LogP contribution in [0.1, 0.15) is 29.0 Å². The molecule has 1 aromatic carbocycles. The van der Waals surface area contributed by atoms with Gasteiger partial charge in [0.15, 0.2) is 0 Å². The monoisotopic (exact) mass is 348 g/mol. The lowest BCUT2D eigenvalue weighted by molar-refractivity contribution is 0.0788.